The van der Waals surface area contributed by atoms with E-state index in [1.54, 1.807) is 15.9 Å². The van der Waals surface area contributed by atoms with Gasteiger partial charge in [-0.05, 0) is 43.3 Å². The number of benzene rings is 2. The first-order valence-corrected chi connectivity index (χ1v) is 9.97. The first-order valence-electron chi connectivity index (χ1n) is 8.71. The van der Waals surface area contributed by atoms with Gasteiger partial charge in [-0.3, -0.25) is 9.36 Å². The zero-order valence-corrected chi connectivity index (χ0v) is 16.8. The Labute approximate surface area is 165 Å². The molecule has 3 heterocycles. The van der Waals surface area contributed by atoms with Crippen molar-refractivity contribution in [1.82, 2.24) is 9.13 Å². The number of halogens is 1. The third-order valence-corrected chi connectivity index (χ3v) is 6.53. The minimum Gasteiger partial charge on any atom is -0.330 e. The third kappa shape index (κ3) is 2.30. The van der Waals surface area contributed by atoms with Crippen LogP contribution in [0.5, 0.6) is 0 Å². The van der Waals surface area contributed by atoms with Crippen molar-refractivity contribution in [1.29, 1.82) is 0 Å². The van der Waals surface area contributed by atoms with Crippen LogP contribution in [0.3, 0.4) is 0 Å². The Kier molecular flexibility index (Phi) is 3.51. The Hall–Kier alpha value is -2.56. The highest BCUT2D eigenvalue weighted by molar-refractivity contribution is 7.17. The second-order valence-corrected chi connectivity index (χ2v) is 8.38. The molecule has 0 atom stereocenters. The lowest BCUT2D eigenvalue weighted by atomic mass is 10.0. The molecule has 0 radical (unpaired) electrons. The van der Waals surface area contributed by atoms with Gasteiger partial charge in [-0.15, -0.1) is 11.3 Å². The van der Waals surface area contributed by atoms with Crippen LogP contribution in [0.25, 0.3) is 43.1 Å². The molecule has 5 rings (SSSR count). The summed E-state index contributed by atoms with van der Waals surface area (Å²) in [5, 5.41) is 6.03. The summed E-state index contributed by atoms with van der Waals surface area (Å²) >= 11 is 7.85. The molecule has 3 aromatic heterocycles. The molecule has 5 aromatic rings. The molecule has 0 aliphatic heterocycles. The molecule has 0 unspecified atom stereocenters. The van der Waals surface area contributed by atoms with Gasteiger partial charge in [-0.2, -0.15) is 0 Å². The van der Waals surface area contributed by atoms with Crippen molar-refractivity contribution in [3.05, 3.63) is 68.8 Å². The number of aryl methyl sites for hydroxylation is 3. The van der Waals surface area contributed by atoms with E-state index in [0.29, 0.717) is 10.6 Å². The molecule has 3 nitrogen and oxygen atoms in total. The number of rotatable bonds is 1. The SMILES string of the molecule is Cc1ccc2c(c1)c1cc(-c3csc4ccc(Cl)cc34)c(=O)n(C)c1n2C. The largest absolute Gasteiger partial charge is 0.330 e. The topological polar surface area (TPSA) is 26.9 Å². The summed E-state index contributed by atoms with van der Waals surface area (Å²) in [6.07, 6.45) is 0. The molecule has 0 aliphatic rings. The molecule has 0 fully saturated rings. The highest BCUT2D eigenvalue weighted by atomic mass is 35.5. The molecule has 0 saturated carbocycles. The average molecular weight is 393 g/mol. The summed E-state index contributed by atoms with van der Waals surface area (Å²) in [6, 6.07) is 14.3. The average Bonchev–Trinajstić information content (AvgIpc) is 3.17. The van der Waals surface area contributed by atoms with Gasteiger partial charge in [-0.1, -0.05) is 23.2 Å². The van der Waals surface area contributed by atoms with E-state index < -0.39 is 0 Å². The maximum atomic E-state index is 13.2. The Bertz CT molecular complexity index is 1440. The molecule has 0 spiro atoms. The number of hydrogen-bond donors (Lipinski definition) is 0. The molecule has 0 saturated heterocycles. The minimum absolute atomic E-state index is 0.00445. The highest BCUT2D eigenvalue weighted by Gasteiger charge is 2.18. The van der Waals surface area contributed by atoms with Gasteiger partial charge < -0.3 is 4.57 Å². The number of pyridine rings is 1. The van der Waals surface area contributed by atoms with Crippen molar-refractivity contribution in [2.75, 3.05) is 0 Å². The van der Waals surface area contributed by atoms with E-state index >= 15 is 0 Å². The van der Waals surface area contributed by atoms with E-state index in [4.69, 9.17) is 11.6 Å². The number of nitrogens with zero attached hydrogens (tertiary/aromatic N) is 2. The summed E-state index contributed by atoms with van der Waals surface area (Å²) in [6.45, 7) is 2.09. The van der Waals surface area contributed by atoms with Gasteiger partial charge >= 0.3 is 0 Å². The Morgan fingerprint density at radius 2 is 1.70 bits per heavy atom. The van der Waals surface area contributed by atoms with Crippen LogP contribution in [0.4, 0.5) is 0 Å². The second kappa shape index (κ2) is 5.72. The molecule has 0 bridgehead atoms. The van der Waals surface area contributed by atoms with Gasteiger partial charge in [0.2, 0.25) is 0 Å². The van der Waals surface area contributed by atoms with Gasteiger partial charge in [-0.25, -0.2) is 0 Å². The van der Waals surface area contributed by atoms with Crippen molar-refractivity contribution in [2.24, 2.45) is 14.1 Å². The molecule has 5 heteroatoms. The molecule has 27 heavy (non-hydrogen) atoms. The highest BCUT2D eigenvalue weighted by Crippen LogP contribution is 2.36. The van der Waals surface area contributed by atoms with Gasteiger partial charge in [0.05, 0.1) is 5.52 Å². The first-order chi connectivity index (χ1) is 13.0. The van der Waals surface area contributed by atoms with E-state index in [9.17, 15) is 4.79 Å². The van der Waals surface area contributed by atoms with Crippen LogP contribution in [0.2, 0.25) is 5.02 Å². The normalized spacial score (nSPS) is 11.9. The Balaban J connectivity index is 1.95. The second-order valence-electron chi connectivity index (χ2n) is 7.03. The van der Waals surface area contributed by atoms with Gasteiger partial charge in [0, 0.05) is 56.5 Å². The summed E-state index contributed by atoms with van der Waals surface area (Å²) < 4.78 is 4.98. The fourth-order valence-corrected chi connectivity index (χ4v) is 5.12. The Morgan fingerprint density at radius 3 is 2.52 bits per heavy atom. The van der Waals surface area contributed by atoms with Crippen molar-refractivity contribution in [3.8, 4) is 11.1 Å². The van der Waals surface area contributed by atoms with E-state index in [2.05, 4.69) is 35.1 Å². The van der Waals surface area contributed by atoms with E-state index in [1.165, 1.54) is 10.9 Å². The molecule has 0 aliphatic carbocycles. The lowest BCUT2D eigenvalue weighted by Gasteiger charge is -2.08. The van der Waals surface area contributed by atoms with Crippen molar-refractivity contribution in [2.45, 2.75) is 6.92 Å². The van der Waals surface area contributed by atoms with Crippen LogP contribution in [-0.2, 0) is 14.1 Å². The molecule has 2 aromatic carbocycles. The number of thiophene rings is 1. The predicted molar refractivity (Wildman–Crippen MR) is 116 cm³/mol. The molecule has 0 N–H and O–H groups in total. The van der Waals surface area contributed by atoms with Crippen molar-refractivity contribution < 1.29 is 0 Å². The third-order valence-electron chi connectivity index (χ3n) is 5.33. The van der Waals surface area contributed by atoms with Gasteiger partial charge in [0.15, 0.2) is 0 Å². The van der Waals surface area contributed by atoms with E-state index in [1.807, 2.05) is 38.4 Å². The maximum absolute atomic E-state index is 13.2. The van der Waals surface area contributed by atoms with Crippen LogP contribution in [0.1, 0.15) is 5.56 Å². The summed E-state index contributed by atoms with van der Waals surface area (Å²) in [7, 11) is 3.86. The fraction of sp³-hybridized carbons (Fsp3) is 0.136. The standard InChI is InChI=1S/C22H17ClN2OS/c1-12-4-6-19-14(8-12)16-10-17(22(26)25(3)21(16)24(19)2)18-11-27-20-7-5-13(23)9-15(18)20/h4-11H,1-3H3. The number of aromatic nitrogens is 2. The zero-order valence-electron chi connectivity index (χ0n) is 15.2. The lowest BCUT2D eigenvalue weighted by Crippen LogP contribution is -2.20. The smallest absolute Gasteiger partial charge is 0.259 e. The number of fused-ring (bicyclic) bond motifs is 4. The molecular weight excluding hydrogens is 376 g/mol. The van der Waals surface area contributed by atoms with Crippen molar-refractivity contribution in [3.63, 3.8) is 0 Å². The van der Waals surface area contributed by atoms with Crippen LogP contribution in [0.15, 0.2) is 52.6 Å². The van der Waals surface area contributed by atoms with Crippen LogP contribution in [-0.4, -0.2) is 9.13 Å². The minimum atomic E-state index is 0.00445. The van der Waals surface area contributed by atoms with Crippen LogP contribution in [0, 0.1) is 6.92 Å². The van der Waals surface area contributed by atoms with E-state index in [-0.39, 0.29) is 5.56 Å². The van der Waals surface area contributed by atoms with Gasteiger partial charge in [0.1, 0.15) is 5.65 Å². The van der Waals surface area contributed by atoms with Crippen molar-refractivity contribution >= 4 is 55.0 Å². The first kappa shape index (κ1) is 16.6. The summed E-state index contributed by atoms with van der Waals surface area (Å²) in [5.74, 6) is 0. The Morgan fingerprint density at radius 1 is 0.889 bits per heavy atom. The van der Waals surface area contributed by atoms with E-state index in [0.717, 1.165) is 32.2 Å². The zero-order chi connectivity index (χ0) is 18.9. The monoisotopic (exact) mass is 392 g/mol. The summed E-state index contributed by atoms with van der Waals surface area (Å²) in [4.78, 5) is 13.2. The van der Waals surface area contributed by atoms with Crippen LogP contribution < -0.4 is 5.56 Å². The fourth-order valence-electron chi connectivity index (χ4n) is 4.01. The maximum Gasteiger partial charge on any atom is 0.259 e. The molecule has 0 amide bonds. The number of hydrogen-bond acceptors (Lipinski definition) is 2. The lowest BCUT2D eigenvalue weighted by molar-refractivity contribution is 0.847. The van der Waals surface area contributed by atoms with Gasteiger partial charge in [0.25, 0.3) is 5.56 Å². The molecule has 134 valence electrons. The summed E-state index contributed by atoms with van der Waals surface area (Å²) in [5.41, 5.74) is 4.93. The quantitative estimate of drug-likeness (QED) is 0.350. The van der Waals surface area contributed by atoms with Crippen LogP contribution >= 0.6 is 22.9 Å². The molecular formula is C22H17ClN2OS. The predicted octanol–water partition coefficient (Wildman–Crippen LogP) is 5.87.